The number of nitrogens with two attached hydrogens (primary N) is 1. The van der Waals surface area contributed by atoms with Crippen molar-refractivity contribution in [3.8, 4) is 11.1 Å². The molecule has 0 radical (unpaired) electrons. The lowest BCUT2D eigenvalue weighted by Crippen LogP contribution is -2.15. The Balaban J connectivity index is 1.70. The fourth-order valence-corrected chi connectivity index (χ4v) is 3.70. The van der Waals surface area contributed by atoms with Crippen LogP contribution in [-0.2, 0) is 0 Å². The lowest BCUT2D eigenvalue weighted by Gasteiger charge is -2.12. The Kier molecular flexibility index (Phi) is 4.79. The van der Waals surface area contributed by atoms with Gasteiger partial charge < -0.3 is 11.1 Å². The Morgan fingerprint density at radius 3 is 2.54 bits per heavy atom. The van der Waals surface area contributed by atoms with Crippen LogP contribution in [0.25, 0.3) is 11.1 Å². The molecule has 0 aliphatic carbocycles. The van der Waals surface area contributed by atoms with E-state index >= 15 is 0 Å². The Bertz CT molecular complexity index is 1100. The van der Waals surface area contributed by atoms with Gasteiger partial charge in [-0.3, -0.25) is 9.59 Å². The van der Waals surface area contributed by atoms with Gasteiger partial charge in [-0.05, 0) is 35.9 Å². The highest BCUT2D eigenvalue weighted by atomic mass is 35.5. The van der Waals surface area contributed by atoms with Gasteiger partial charge >= 0.3 is 0 Å². The monoisotopic (exact) mass is 411 g/mol. The van der Waals surface area contributed by atoms with Crippen molar-refractivity contribution in [1.82, 2.24) is 4.98 Å². The molecule has 1 aliphatic heterocycles. The predicted molar refractivity (Wildman–Crippen MR) is 110 cm³/mol. The van der Waals surface area contributed by atoms with Gasteiger partial charge in [0.15, 0.2) is 5.78 Å². The van der Waals surface area contributed by atoms with Crippen molar-refractivity contribution in [3.63, 3.8) is 0 Å². The fraction of sp³-hybridized carbons (Fsp3) is 0.0952. The number of pyridine rings is 1. The van der Waals surface area contributed by atoms with Crippen LogP contribution in [0.4, 0.5) is 5.82 Å². The van der Waals surface area contributed by atoms with Gasteiger partial charge in [-0.2, -0.15) is 0 Å². The topological polar surface area (TPSA) is 85.1 Å². The van der Waals surface area contributed by atoms with E-state index in [1.807, 2.05) is 6.07 Å². The maximum Gasteiger partial charge on any atom is 0.248 e. The summed E-state index contributed by atoms with van der Waals surface area (Å²) >= 11 is 12.3. The molecule has 1 atom stereocenters. The molecule has 1 amide bonds. The van der Waals surface area contributed by atoms with Crippen molar-refractivity contribution in [3.05, 3.63) is 81.5 Å². The third-order valence-electron chi connectivity index (χ3n) is 4.80. The van der Waals surface area contributed by atoms with Crippen LogP contribution in [0.3, 0.4) is 0 Å². The number of aromatic nitrogens is 1. The minimum atomic E-state index is -0.480. The zero-order chi connectivity index (χ0) is 19.8. The minimum Gasteiger partial charge on any atom is -0.369 e. The molecule has 3 aromatic rings. The second-order valence-electron chi connectivity index (χ2n) is 6.50. The molecular formula is C21H15Cl2N3O2. The summed E-state index contributed by atoms with van der Waals surface area (Å²) in [5.41, 5.74) is 8.63. The number of benzene rings is 2. The molecule has 28 heavy (non-hydrogen) atoms. The molecule has 7 heteroatoms. The normalized spacial score (nSPS) is 15.0. The number of hydrogen-bond acceptors (Lipinski definition) is 4. The molecule has 0 spiro atoms. The van der Waals surface area contributed by atoms with Crippen molar-refractivity contribution < 1.29 is 9.59 Å². The van der Waals surface area contributed by atoms with Crippen LogP contribution in [0, 0.1) is 0 Å². The van der Waals surface area contributed by atoms with E-state index in [1.54, 1.807) is 48.7 Å². The van der Waals surface area contributed by atoms with Gasteiger partial charge in [-0.1, -0.05) is 41.4 Å². The standard InChI is InChI=1S/C21H15Cl2N3O2/c22-17-3-1-2-14(18(17)23)19(27)16-10-26-21-15(16)8-13(9-25-21)11-4-6-12(7-5-11)20(24)28/h1-9,16H,10H2,(H2,24,28)(H,25,26). The van der Waals surface area contributed by atoms with Crippen molar-refractivity contribution >= 4 is 40.7 Å². The Hall–Kier alpha value is -2.89. The molecule has 1 aromatic heterocycles. The van der Waals surface area contributed by atoms with Gasteiger partial charge in [0.1, 0.15) is 5.82 Å². The molecule has 140 valence electrons. The van der Waals surface area contributed by atoms with Crippen molar-refractivity contribution in [1.29, 1.82) is 0 Å². The average molecular weight is 412 g/mol. The number of nitrogens with zero attached hydrogens (tertiary/aromatic N) is 1. The number of carbonyl (C=O) groups is 2. The second-order valence-corrected chi connectivity index (χ2v) is 7.29. The Morgan fingerprint density at radius 1 is 1.07 bits per heavy atom. The zero-order valence-corrected chi connectivity index (χ0v) is 16.1. The van der Waals surface area contributed by atoms with Crippen LogP contribution in [-0.4, -0.2) is 23.2 Å². The van der Waals surface area contributed by atoms with Crippen LogP contribution in [0.15, 0.2) is 54.7 Å². The number of hydrogen-bond donors (Lipinski definition) is 2. The van der Waals surface area contributed by atoms with Crippen LogP contribution < -0.4 is 11.1 Å². The Morgan fingerprint density at radius 2 is 1.82 bits per heavy atom. The van der Waals surface area contributed by atoms with E-state index in [4.69, 9.17) is 28.9 Å². The number of carbonyl (C=O) groups excluding carboxylic acids is 2. The van der Waals surface area contributed by atoms with Crippen molar-refractivity contribution in [2.45, 2.75) is 5.92 Å². The van der Waals surface area contributed by atoms with E-state index in [0.717, 1.165) is 16.7 Å². The first kappa shape index (κ1) is 18.5. The molecule has 5 nitrogen and oxygen atoms in total. The smallest absolute Gasteiger partial charge is 0.248 e. The number of halogens is 2. The van der Waals surface area contributed by atoms with Crippen LogP contribution >= 0.6 is 23.2 Å². The molecule has 3 N–H and O–H groups in total. The third kappa shape index (κ3) is 3.23. The lowest BCUT2D eigenvalue weighted by atomic mass is 9.91. The number of primary amides is 1. The quantitative estimate of drug-likeness (QED) is 0.616. The fourth-order valence-electron chi connectivity index (χ4n) is 3.30. The minimum absolute atomic E-state index is 0.109. The predicted octanol–water partition coefficient (Wildman–Crippen LogP) is 4.55. The summed E-state index contributed by atoms with van der Waals surface area (Å²) in [5, 5.41) is 3.77. The molecule has 1 aliphatic rings. The zero-order valence-electron chi connectivity index (χ0n) is 14.6. The summed E-state index contributed by atoms with van der Waals surface area (Å²) < 4.78 is 0. The van der Waals surface area contributed by atoms with Crippen molar-refractivity contribution in [2.24, 2.45) is 5.73 Å². The molecule has 2 heterocycles. The number of ketones is 1. The molecular weight excluding hydrogens is 397 g/mol. The number of nitrogens with one attached hydrogen (secondary N) is 1. The van der Waals surface area contributed by atoms with Gasteiger partial charge in [0.2, 0.25) is 5.91 Å². The molecule has 0 saturated heterocycles. The first-order chi connectivity index (χ1) is 13.5. The maximum absolute atomic E-state index is 13.1. The highest BCUT2D eigenvalue weighted by Crippen LogP contribution is 2.37. The first-order valence-electron chi connectivity index (χ1n) is 8.58. The highest BCUT2D eigenvalue weighted by Gasteiger charge is 2.32. The SMILES string of the molecule is NC(=O)c1ccc(-c2cnc3c(c2)C(C(=O)c2cccc(Cl)c2Cl)CN3)cc1. The summed E-state index contributed by atoms with van der Waals surface area (Å²) in [5.74, 6) is -0.328. The summed E-state index contributed by atoms with van der Waals surface area (Å²) in [7, 11) is 0. The van der Waals surface area contributed by atoms with Gasteiger partial charge in [-0.25, -0.2) is 4.98 Å². The molecule has 4 rings (SSSR count). The van der Waals surface area contributed by atoms with E-state index in [-0.39, 0.29) is 10.8 Å². The molecule has 0 bridgehead atoms. The van der Waals surface area contributed by atoms with Gasteiger partial charge in [0, 0.05) is 35.0 Å². The van der Waals surface area contributed by atoms with E-state index in [1.165, 1.54) is 0 Å². The largest absolute Gasteiger partial charge is 0.369 e. The number of rotatable bonds is 4. The number of amides is 1. The lowest BCUT2D eigenvalue weighted by molar-refractivity contribution is 0.0965. The van der Waals surface area contributed by atoms with Crippen molar-refractivity contribution in [2.75, 3.05) is 11.9 Å². The Labute approximate surface area is 171 Å². The third-order valence-corrected chi connectivity index (χ3v) is 5.62. The summed E-state index contributed by atoms with van der Waals surface area (Å²) in [6.07, 6.45) is 1.73. The average Bonchev–Trinajstić information content (AvgIpc) is 3.13. The van der Waals surface area contributed by atoms with Gasteiger partial charge in [0.05, 0.1) is 16.0 Å². The molecule has 0 fully saturated rings. The van der Waals surface area contributed by atoms with E-state index in [0.29, 0.717) is 28.5 Å². The summed E-state index contributed by atoms with van der Waals surface area (Å²) in [6.45, 7) is 0.439. The maximum atomic E-state index is 13.1. The highest BCUT2D eigenvalue weighted by molar-refractivity contribution is 6.44. The van der Waals surface area contributed by atoms with E-state index in [2.05, 4.69) is 10.3 Å². The van der Waals surface area contributed by atoms with Gasteiger partial charge in [-0.15, -0.1) is 0 Å². The molecule has 0 saturated carbocycles. The van der Waals surface area contributed by atoms with Gasteiger partial charge in [0.25, 0.3) is 0 Å². The summed E-state index contributed by atoms with van der Waals surface area (Å²) in [6, 6.07) is 13.9. The van der Waals surface area contributed by atoms with Crippen LogP contribution in [0.2, 0.25) is 10.0 Å². The molecule has 2 aromatic carbocycles. The second kappa shape index (κ2) is 7.26. The number of anilines is 1. The summed E-state index contributed by atoms with van der Waals surface area (Å²) in [4.78, 5) is 28.8. The number of Topliss-reactive ketones (excluding diaryl/α,β-unsaturated/α-hetero) is 1. The first-order valence-corrected chi connectivity index (χ1v) is 9.33. The van der Waals surface area contributed by atoms with E-state index in [9.17, 15) is 9.59 Å². The number of fused-ring (bicyclic) bond motifs is 1. The van der Waals surface area contributed by atoms with E-state index < -0.39 is 11.8 Å². The van der Waals surface area contributed by atoms with Crippen LogP contribution in [0.1, 0.15) is 32.2 Å². The van der Waals surface area contributed by atoms with Crippen LogP contribution in [0.5, 0.6) is 0 Å². The molecule has 1 unspecified atom stereocenters.